The van der Waals surface area contributed by atoms with Crippen LogP contribution in [0.1, 0.15) is 0 Å². The molecule has 5 rings (SSSR count). The van der Waals surface area contributed by atoms with Crippen LogP contribution >= 0.6 is 0 Å². The molecule has 0 fully saturated rings. The van der Waals surface area contributed by atoms with Gasteiger partial charge in [-0.25, -0.2) is 4.98 Å². The van der Waals surface area contributed by atoms with Crippen molar-refractivity contribution in [1.82, 2.24) is 19.9 Å². The first kappa shape index (κ1) is 11.5. The zero-order chi connectivity index (χ0) is 14.5. The van der Waals surface area contributed by atoms with E-state index in [-0.39, 0.29) is 0 Å². The number of nitrogens with one attached hydrogen (secondary N) is 2. The second-order valence-corrected chi connectivity index (χ2v) is 5.43. The van der Waals surface area contributed by atoms with Gasteiger partial charge in [-0.3, -0.25) is 4.98 Å². The molecule has 104 valence electrons. The van der Waals surface area contributed by atoms with Crippen LogP contribution in [-0.4, -0.2) is 19.9 Å². The molecule has 0 bridgehead atoms. The highest BCUT2D eigenvalue weighted by Crippen LogP contribution is 2.29. The molecule has 22 heavy (non-hydrogen) atoms. The van der Waals surface area contributed by atoms with Gasteiger partial charge in [0.15, 0.2) is 0 Å². The van der Waals surface area contributed by atoms with E-state index in [4.69, 9.17) is 0 Å². The Morgan fingerprint density at radius 3 is 2.68 bits per heavy atom. The van der Waals surface area contributed by atoms with Gasteiger partial charge >= 0.3 is 0 Å². The van der Waals surface area contributed by atoms with Crippen LogP contribution in [0.5, 0.6) is 0 Å². The van der Waals surface area contributed by atoms with Gasteiger partial charge in [-0.2, -0.15) is 0 Å². The molecule has 4 heteroatoms. The highest BCUT2D eigenvalue weighted by atomic mass is 14.9. The third kappa shape index (κ3) is 1.58. The second-order valence-electron chi connectivity index (χ2n) is 5.43. The number of aromatic amines is 2. The van der Waals surface area contributed by atoms with E-state index in [0.29, 0.717) is 0 Å². The van der Waals surface area contributed by atoms with Gasteiger partial charge in [-0.05, 0) is 46.8 Å². The maximum Gasteiger partial charge on any atom is 0.0992 e. The zero-order valence-corrected chi connectivity index (χ0v) is 11.7. The lowest BCUT2D eigenvalue weighted by Gasteiger charge is -2.05. The molecule has 2 N–H and O–H groups in total. The first-order chi connectivity index (χ1) is 10.9. The summed E-state index contributed by atoms with van der Waals surface area (Å²) in [6, 6.07) is 14.9. The second kappa shape index (κ2) is 4.18. The van der Waals surface area contributed by atoms with E-state index in [9.17, 15) is 0 Å². The summed E-state index contributed by atoms with van der Waals surface area (Å²) >= 11 is 0. The van der Waals surface area contributed by atoms with Crippen molar-refractivity contribution in [3.63, 3.8) is 0 Å². The fraction of sp³-hybridized carbons (Fsp3) is 0. The van der Waals surface area contributed by atoms with Crippen molar-refractivity contribution in [1.29, 1.82) is 0 Å². The number of hydrogen-bond donors (Lipinski definition) is 2. The summed E-state index contributed by atoms with van der Waals surface area (Å²) in [6.45, 7) is 0. The van der Waals surface area contributed by atoms with Crippen molar-refractivity contribution >= 4 is 32.8 Å². The van der Waals surface area contributed by atoms with E-state index in [1.165, 1.54) is 16.5 Å². The number of fused-ring (bicyclic) bond motifs is 4. The van der Waals surface area contributed by atoms with Crippen LogP contribution in [0.3, 0.4) is 0 Å². The van der Waals surface area contributed by atoms with E-state index in [0.717, 1.165) is 27.5 Å². The van der Waals surface area contributed by atoms with Crippen molar-refractivity contribution in [3.8, 4) is 11.1 Å². The van der Waals surface area contributed by atoms with Crippen molar-refractivity contribution in [3.05, 3.63) is 61.2 Å². The molecule has 4 nitrogen and oxygen atoms in total. The molecule has 3 aromatic heterocycles. The van der Waals surface area contributed by atoms with Crippen molar-refractivity contribution in [2.24, 2.45) is 0 Å². The molecule has 3 heterocycles. The van der Waals surface area contributed by atoms with Crippen LogP contribution in [-0.2, 0) is 0 Å². The summed E-state index contributed by atoms with van der Waals surface area (Å²) in [5.41, 5.74) is 6.42. The molecular weight excluding hydrogens is 272 g/mol. The Labute approximate surface area is 125 Å². The maximum absolute atomic E-state index is 4.48. The Balaban J connectivity index is 1.79. The molecule has 0 atom stereocenters. The standard InChI is InChI=1S/C18H12N4/c1-3-15-13(5-6-19-15)7-11(1)12-2-4-16-14(8-12)18-17(9-20-16)21-10-22-18/h1-10,19H,(H,21,22). The minimum atomic E-state index is 0.964. The minimum absolute atomic E-state index is 0.964. The number of nitrogens with zero attached hydrogens (tertiary/aromatic N) is 2. The smallest absolute Gasteiger partial charge is 0.0992 e. The Hall–Kier alpha value is -3.14. The van der Waals surface area contributed by atoms with Crippen molar-refractivity contribution in [2.45, 2.75) is 0 Å². The van der Waals surface area contributed by atoms with Gasteiger partial charge < -0.3 is 9.97 Å². The molecular formula is C18H12N4. The van der Waals surface area contributed by atoms with E-state index < -0.39 is 0 Å². The van der Waals surface area contributed by atoms with Gasteiger partial charge in [0.05, 0.1) is 29.1 Å². The largest absolute Gasteiger partial charge is 0.361 e. The van der Waals surface area contributed by atoms with Crippen LogP contribution in [0.15, 0.2) is 61.2 Å². The van der Waals surface area contributed by atoms with Gasteiger partial charge in [0.25, 0.3) is 0 Å². The predicted octanol–water partition coefficient (Wildman–Crippen LogP) is 4.26. The number of pyridine rings is 1. The SMILES string of the molecule is c1cc2cc(-c3ccc4ncc5[nH]cnc5c4c3)ccc2[nH]1. The molecule has 0 saturated heterocycles. The molecule has 0 saturated carbocycles. The summed E-state index contributed by atoms with van der Waals surface area (Å²) < 4.78 is 0. The summed E-state index contributed by atoms with van der Waals surface area (Å²) in [7, 11) is 0. The van der Waals surface area contributed by atoms with E-state index in [2.05, 4.69) is 62.4 Å². The minimum Gasteiger partial charge on any atom is -0.361 e. The topological polar surface area (TPSA) is 57.4 Å². The molecule has 0 radical (unpaired) electrons. The van der Waals surface area contributed by atoms with Crippen molar-refractivity contribution < 1.29 is 0 Å². The lowest BCUT2D eigenvalue weighted by atomic mass is 10.0. The quantitative estimate of drug-likeness (QED) is 0.483. The molecule has 0 aliphatic carbocycles. The lowest BCUT2D eigenvalue weighted by Crippen LogP contribution is -1.84. The lowest BCUT2D eigenvalue weighted by molar-refractivity contribution is 1.34. The number of rotatable bonds is 1. The van der Waals surface area contributed by atoms with Crippen LogP contribution in [0.4, 0.5) is 0 Å². The third-order valence-corrected chi connectivity index (χ3v) is 4.14. The molecule has 0 unspecified atom stereocenters. The van der Waals surface area contributed by atoms with Gasteiger partial charge in [0.2, 0.25) is 0 Å². The van der Waals surface area contributed by atoms with Gasteiger partial charge in [0.1, 0.15) is 0 Å². The van der Waals surface area contributed by atoms with Crippen LogP contribution in [0, 0.1) is 0 Å². The van der Waals surface area contributed by atoms with Gasteiger partial charge in [-0.1, -0.05) is 12.1 Å². The predicted molar refractivity (Wildman–Crippen MR) is 88.7 cm³/mol. The Morgan fingerprint density at radius 2 is 1.68 bits per heavy atom. The molecule has 0 amide bonds. The average Bonchev–Trinajstić information content (AvgIpc) is 3.22. The first-order valence-electron chi connectivity index (χ1n) is 7.18. The molecule has 0 spiro atoms. The van der Waals surface area contributed by atoms with Crippen LogP contribution < -0.4 is 0 Å². The monoisotopic (exact) mass is 284 g/mol. The number of hydrogen-bond acceptors (Lipinski definition) is 2. The highest BCUT2D eigenvalue weighted by molar-refractivity contribution is 6.03. The number of H-pyrrole nitrogens is 2. The fourth-order valence-corrected chi connectivity index (χ4v) is 3.00. The Morgan fingerprint density at radius 1 is 0.773 bits per heavy atom. The van der Waals surface area contributed by atoms with Crippen LogP contribution in [0.25, 0.3) is 44.0 Å². The van der Waals surface area contributed by atoms with Gasteiger partial charge in [0, 0.05) is 17.1 Å². The van der Waals surface area contributed by atoms with E-state index in [1.54, 1.807) is 6.33 Å². The molecule has 2 aromatic carbocycles. The summed E-state index contributed by atoms with van der Waals surface area (Å²) in [6.07, 6.45) is 5.51. The summed E-state index contributed by atoms with van der Waals surface area (Å²) in [4.78, 5) is 15.2. The maximum atomic E-state index is 4.48. The summed E-state index contributed by atoms with van der Waals surface area (Å²) in [5.74, 6) is 0. The Kier molecular flexibility index (Phi) is 2.19. The average molecular weight is 284 g/mol. The number of imidazole rings is 1. The van der Waals surface area contributed by atoms with E-state index in [1.807, 2.05) is 12.4 Å². The normalized spacial score (nSPS) is 11.6. The molecule has 0 aliphatic heterocycles. The molecule has 5 aromatic rings. The zero-order valence-electron chi connectivity index (χ0n) is 11.7. The fourth-order valence-electron chi connectivity index (χ4n) is 3.00. The highest BCUT2D eigenvalue weighted by Gasteiger charge is 2.07. The molecule has 0 aliphatic rings. The number of benzene rings is 2. The Bertz CT molecular complexity index is 1130. The van der Waals surface area contributed by atoms with Crippen molar-refractivity contribution in [2.75, 3.05) is 0 Å². The van der Waals surface area contributed by atoms with Crippen LogP contribution in [0.2, 0.25) is 0 Å². The third-order valence-electron chi connectivity index (χ3n) is 4.14. The first-order valence-corrected chi connectivity index (χ1v) is 7.18. The number of aromatic nitrogens is 4. The summed E-state index contributed by atoms with van der Waals surface area (Å²) in [5, 5.41) is 2.29. The van der Waals surface area contributed by atoms with Gasteiger partial charge in [-0.15, -0.1) is 0 Å². The van der Waals surface area contributed by atoms with E-state index >= 15 is 0 Å².